The molecule has 126 valence electrons. The first kappa shape index (κ1) is 16.6. The molecule has 2 aliphatic carbocycles. The molecule has 0 saturated heterocycles. The second-order valence-corrected chi connectivity index (χ2v) is 14.1. The van der Waals surface area contributed by atoms with E-state index in [1.54, 1.807) is 0 Å². The minimum absolute atomic E-state index is 0.234. The molecule has 0 bridgehead atoms. The number of nitrogens with zero attached hydrogens (tertiary/aromatic N) is 1. The smallest absolute Gasteiger partial charge is 0.125 e. The van der Waals surface area contributed by atoms with Crippen LogP contribution in [0.3, 0.4) is 0 Å². The normalized spacial score (nSPS) is 38.8. The fourth-order valence-corrected chi connectivity index (χ4v) is 11.1. The Morgan fingerprint density at radius 2 is 1.73 bits per heavy atom. The summed E-state index contributed by atoms with van der Waals surface area (Å²) < 4.78 is 0. The summed E-state index contributed by atoms with van der Waals surface area (Å²) in [6, 6.07) is 0.768. The van der Waals surface area contributed by atoms with Gasteiger partial charge in [-0.05, 0) is 51.5 Å². The van der Waals surface area contributed by atoms with Gasteiger partial charge in [-0.1, -0.05) is 38.4 Å². The average molecular weight is 321 g/mol. The molecule has 0 amide bonds. The van der Waals surface area contributed by atoms with Crippen LogP contribution < -0.4 is 4.98 Å². The Balaban J connectivity index is 1.94. The van der Waals surface area contributed by atoms with Gasteiger partial charge in [0, 0.05) is 30.2 Å². The van der Waals surface area contributed by atoms with E-state index in [2.05, 4.69) is 63.8 Å². The zero-order valence-electron chi connectivity index (χ0n) is 15.7. The van der Waals surface area contributed by atoms with E-state index in [4.69, 9.17) is 0 Å². The van der Waals surface area contributed by atoms with Crippen LogP contribution in [0.1, 0.15) is 53.4 Å². The molecule has 1 aliphatic heterocycles. The van der Waals surface area contributed by atoms with Gasteiger partial charge in [0.1, 0.15) is 8.24 Å². The summed E-state index contributed by atoms with van der Waals surface area (Å²) in [5, 5.41) is 0. The predicted octanol–water partition coefficient (Wildman–Crippen LogP) is 4.60. The number of hydrogen-bond acceptors (Lipinski definition) is 2. The summed E-state index contributed by atoms with van der Waals surface area (Å²) in [7, 11) is 0.853. The van der Waals surface area contributed by atoms with Crippen molar-refractivity contribution in [3.63, 3.8) is 0 Å². The molecule has 2 fully saturated rings. The highest BCUT2D eigenvalue weighted by molar-refractivity contribution is 6.76. The van der Waals surface area contributed by atoms with Gasteiger partial charge in [-0.3, -0.25) is 0 Å². The van der Waals surface area contributed by atoms with Gasteiger partial charge in [0.2, 0.25) is 0 Å². The maximum atomic E-state index is 4.11. The van der Waals surface area contributed by atoms with Gasteiger partial charge in [0.05, 0.1) is 0 Å². The Morgan fingerprint density at radius 3 is 2.32 bits per heavy atom. The molecule has 1 N–H and O–H groups in total. The first-order valence-electron chi connectivity index (χ1n) is 9.32. The Bertz CT molecular complexity index is 463. The topological polar surface area (TPSA) is 15.3 Å². The molecular formula is C19H36N2Si. The monoisotopic (exact) mass is 320 g/mol. The van der Waals surface area contributed by atoms with Crippen molar-refractivity contribution < 1.29 is 0 Å². The number of nitrogens with one attached hydrogen (secondary N) is 1. The van der Waals surface area contributed by atoms with Gasteiger partial charge in [0.15, 0.2) is 0 Å². The van der Waals surface area contributed by atoms with Gasteiger partial charge in [-0.25, -0.2) is 0 Å². The van der Waals surface area contributed by atoms with E-state index in [0.717, 1.165) is 29.3 Å². The van der Waals surface area contributed by atoms with Crippen LogP contribution in [0.15, 0.2) is 11.8 Å². The van der Waals surface area contributed by atoms with Crippen LogP contribution in [0.2, 0.25) is 18.6 Å². The Kier molecular flexibility index (Phi) is 4.05. The number of allylic oxidation sites excluding steroid dienone is 1. The minimum atomic E-state index is -1.50. The van der Waals surface area contributed by atoms with Crippen LogP contribution in [0, 0.1) is 17.8 Å². The van der Waals surface area contributed by atoms with Crippen LogP contribution in [-0.2, 0) is 0 Å². The highest BCUT2D eigenvalue weighted by Crippen LogP contribution is 2.59. The van der Waals surface area contributed by atoms with Crippen molar-refractivity contribution in [2.45, 2.75) is 83.6 Å². The Morgan fingerprint density at radius 1 is 1.14 bits per heavy atom. The molecule has 3 rings (SSSR count). The van der Waals surface area contributed by atoms with E-state index >= 15 is 0 Å². The van der Waals surface area contributed by atoms with E-state index < -0.39 is 8.24 Å². The molecule has 0 radical (unpaired) electrons. The van der Waals surface area contributed by atoms with Crippen LogP contribution in [0.5, 0.6) is 0 Å². The maximum Gasteiger partial charge on any atom is 0.125 e. The Labute approximate surface area is 138 Å². The summed E-state index contributed by atoms with van der Waals surface area (Å²) >= 11 is 0. The second-order valence-electron chi connectivity index (χ2n) is 9.72. The third-order valence-electron chi connectivity index (χ3n) is 6.56. The fraction of sp³-hybridized carbons (Fsp3) is 0.895. The first-order valence-corrected chi connectivity index (χ1v) is 12.4. The SMILES string of the molecule is CC1=CC2C3CCCCC3C([Si](C)(C)NC(C)(C)C)C2N1C. The summed E-state index contributed by atoms with van der Waals surface area (Å²) in [5.74, 6) is 2.75. The molecule has 3 aliphatic rings. The predicted molar refractivity (Wildman–Crippen MR) is 98.4 cm³/mol. The maximum absolute atomic E-state index is 4.11. The third-order valence-corrected chi connectivity index (χ3v) is 10.4. The lowest BCUT2D eigenvalue weighted by molar-refractivity contribution is 0.246. The van der Waals surface area contributed by atoms with E-state index in [-0.39, 0.29) is 5.54 Å². The van der Waals surface area contributed by atoms with Crippen molar-refractivity contribution in [3.05, 3.63) is 11.8 Å². The lowest BCUT2D eigenvalue weighted by Gasteiger charge is -2.45. The molecule has 0 spiro atoms. The highest BCUT2D eigenvalue weighted by Gasteiger charge is 2.58. The Hall–Kier alpha value is -0.283. The van der Waals surface area contributed by atoms with Crippen molar-refractivity contribution in [3.8, 4) is 0 Å². The van der Waals surface area contributed by atoms with Crippen LogP contribution in [0.4, 0.5) is 0 Å². The standard InChI is InChI=1S/C19H36N2Si/c1-13-12-16-14-10-8-9-11-15(14)18(17(16)21(13)5)22(6,7)20-19(2,3)4/h12,14-18,20H,8-11H2,1-7H3. The van der Waals surface area contributed by atoms with Gasteiger partial charge in [0.25, 0.3) is 0 Å². The second kappa shape index (κ2) is 5.37. The summed E-state index contributed by atoms with van der Waals surface area (Å²) in [4.78, 5) is 6.74. The third kappa shape index (κ3) is 2.69. The van der Waals surface area contributed by atoms with Gasteiger partial charge in [-0.2, -0.15) is 0 Å². The molecule has 2 saturated carbocycles. The van der Waals surface area contributed by atoms with Crippen LogP contribution >= 0.6 is 0 Å². The molecule has 0 aromatic heterocycles. The summed E-state index contributed by atoms with van der Waals surface area (Å²) in [6.07, 6.45) is 8.49. The van der Waals surface area contributed by atoms with Crippen molar-refractivity contribution in [2.75, 3.05) is 7.05 Å². The molecule has 0 aromatic carbocycles. The number of hydrogen-bond donors (Lipinski definition) is 1. The van der Waals surface area contributed by atoms with E-state index in [1.807, 2.05) is 0 Å². The largest absolute Gasteiger partial charge is 0.375 e. The first-order chi connectivity index (χ1) is 10.1. The van der Waals surface area contributed by atoms with Crippen LogP contribution in [-0.4, -0.2) is 31.8 Å². The summed E-state index contributed by atoms with van der Waals surface area (Å²) in [6.45, 7) is 14.5. The van der Waals surface area contributed by atoms with E-state index in [9.17, 15) is 0 Å². The zero-order valence-corrected chi connectivity index (χ0v) is 16.7. The number of rotatable bonds is 2. The minimum Gasteiger partial charge on any atom is -0.375 e. The van der Waals surface area contributed by atoms with E-state index in [1.165, 1.54) is 31.4 Å². The van der Waals surface area contributed by atoms with Crippen molar-refractivity contribution in [1.82, 2.24) is 9.88 Å². The van der Waals surface area contributed by atoms with Crippen molar-refractivity contribution in [2.24, 2.45) is 17.8 Å². The zero-order chi connectivity index (χ0) is 16.3. The average Bonchev–Trinajstić information content (AvgIpc) is 2.83. The van der Waals surface area contributed by atoms with Gasteiger partial charge >= 0.3 is 0 Å². The van der Waals surface area contributed by atoms with Crippen LogP contribution in [0.25, 0.3) is 0 Å². The lowest BCUT2D eigenvalue weighted by atomic mass is 9.78. The molecule has 22 heavy (non-hydrogen) atoms. The molecular weight excluding hydrogens is 284 g/mol. The summed E-state index contributed by atoms with van der Waals surface area (Å²) in [5.41, 5.74) is 2.64. The fourth-order valence-electron chi connectivity index (χ4n) is 6.22. The van der Waals surface area contributed by atoms with Crippen molar-refractivity contribution in [1.29, 1.82) is 0 Å². The van der Waals surface area contributed by atoms with Gasteiger partial charge < -0.3 is 9.88 Å². The lowest BCUT2D eigenvalue weighted by Crippen LogP contribution is -2.60. The molecule has 5 unspecified atom stereocenters. The van der Waals surface area contributed by atoms with Gasteiger partial charge in [-0.15, -0.1) is 0 Å². The molecule has 1 heterocycles. The van der Waals surface area contributed by atoms with Crippen molar-refractivity contribution >= 4 is 8.24 Å². The molecule has 0 aromatic rings. The number of fused-ring (bicyclic) bond motifs is 3. The molecule has 3 heteroatoms. The van der Waals surface area contributed by atoms with E-state index in [0.29, 0.717) is 0 Å². The molecule has 2 nitrogen and oxygen atoms in total. The highest BCUT2D eigenvalue weighted by atomic mass is 28.3. The molecule has 5 atom stereocenters. The quantitative estimate of drug-likeness (QED) is 0.748.